The van der Waals surface area contributed by atoms with E-state index in [4.69, 9.17) is 0 Å². The number of ether oxygens (including phenoxy) is 1. The second kappa shape index (κ2) is 7.91. The van der Waals surface area contributed by atoms with Gasteiger partial charge in [-0.15, -0.1) is 11.3 Å². The highest BCUT2D eigenvalue weighted by Gasteiger charge is 2.16. The third kappa shape index (κ3) is 5.00. The lowest BCUT2D eigenvalue weighted by Gasteiger charge is -2.15. The lowest BCUT2D eigenvalue weighted by Crippen LogP contribution is -2.31. The third-order valence-corrected chi connectivity index (χ3v) is 3.51. The molecule has 0 aliphatic heterocycles. The van der Waals surface area contributed by atoms with Gasteiger partial charge in [-0.1, -0.05) is 13.3 Å². The van der Waals surface area contributed by atoms with Crippen LogP contribution in [0.2, 0.25) is 0 Å². The summed E-state index contributed by atoms with van der Waals surface area (Å²) in [5.74, 6) is -0.549. The molecule has 0 bridgehead atoms. The summed E-state index contributed by atoms with van der Waals surface area (Å²) in [4.78, 5) is 25.7. The van der Waals surface area contributed by atoms with E-state index in [1.165, 1.54) is 18.4 Å². The maximum Gasteiger partial charge on any atom is 0.350 e. The summed E-state index contributed by atoms with van der Waals surface area (Å²) in [7, 11) is 3.23. The number of anilines is 1. The van der Waals surface area contributed by atoms with Crippen molar-refractivity contribution in [2.45, 2.75) is 19.8 Å². The van der Waals surface area contributed by atoms with Crippen LogP contribution in [0.15, 0.2) is 11.4 Å². The highest BCUT2D eigenvalue weighted by Crippen LogP contribution is 2.22. The second-order valence-electron chi connectivity index (χ2n) is 4.29. The van der Waals surface area contributed by atoms with E-state index < -0.39 is 5.97 Å². The molecule has 1 heterocycles. The van der Waals surface area contributed by atoms with E-state index in [9.17, 15) is 9.59 Å². The molecule has 106 valence electrons. The summed E-state index contributed by atoms with van der Waals surface area (Å²) in [6.45, 7) is 3.32. The molecule has 1 N–H and O–H groups in total. The zero-order valence-electron chi connectivity index (χ0n) is 11.6. The van der Waals surface area contributed by atoms with Crippen LogP contribution in [0, 0.1) is 0 Å². The van der Waals surface area contributed by atoms with Crippen molar-refractivity contribution in [2.24, 2.45) is 0 Å². The van der Waals surface area contributed by atoms with Gasteiger partial charge in [-0.05, 0) is 31.5 Å². The van der Waals surface area contributed by atoms with E-state index >= 15 is 0 Å². The number of carbonyl (C=O) groups is 2. The SMILES string of the molecule is CCCCN(C)CC(=O)Nc1ccsc1C(=O)OC. The Bertz CT molecular complexity index is 431. The molecular weight excluding hydrogens is 264 g/mol. The summed E-state index contributed by atoms with van der Waals surface area (Å²) in [6, 6.07) is 1.71. The molecule has 19 heavy (non-hydrogen) atoms. The molecule has 0 aliphatic rings. The molecule has 0 atom stereocenters. The van der Waals surface area contributed by atoms with E-state index in [1.54, 1.807) is 11.4 Å². The number of methoxy groups -OCH3 is 1. The number of rotatable bonds is 7. The number of carbonyl (C=O) groups excluding carboxylic acids is 2. The van der Waals surface area contributed by atoms with Crippen molar-refractivity contribution in [1.82, 2.24) is 4.90 Å². The topological polar surface area (TPSA) is 58.6 Å². The van der Waals surface area contributed by atoms with Crippen LogP contribution >= 0.6 is 11.3 Å². The van der Waals surface area contributed by atoms with Gasteiger partial charge >= 0.3 is 5.97 Å². The monoisotopic (exact) mass is 284 g/mol. The average molecular weight is 284 g/mol. The van der Waals surface area contributed by atoms with Crippen LogP contribution < -0.4 is 5.32 Å². The van der Waals surface area contributed by atoms with E-state index in [0.29, 0.717) is 17.1 Å². The molecule has 0 saturated carbocycles. The van der Waals surface area contributed by atoms with Crippen LogP contribution in [-0.2, 0) is 9.53 Å². The predicted octanol–water partition coefficient (Wildman–Crippen LogP) is 2.21. The highest BCUT2D eigenvalue weighted by molar-refractivity contribution is 7.12. The summed E-state index contributed by atoms with van der Waals surface area (Å²) in [6.07, 6.45) is 2.17. The molecule has 0 unspecified atom stereocenters. The van der Waals surface area contributed by atoms with Crippen LogP contribution in [0.4, 0.5) is 5.69 Å². The zero-order chi connectivity index (χ0) is 14.3. The van der Waals surface area contributed by atoms with Crippen LogP contribution in [0.5, 0.6) is 0 Å². The number of esters is 1. The van der Waals surface area contributed by atoms with Crippen molar-refractivity contribution in [3.8, 4) is 0 Å². The Hall–Kier alpha value is -1.40. The summed E-state index contributed by atoms with van der Waals surface area (Å²) in [5, 5.41) is 4.49. The Balaban J connectivity index is 2.53. The van der Waals surface area contributed by atoms with Crippen molar-refractivity contribution in [3.63, 3.8) is 0 Å². The summed E-state index contributed by atoms with van der Waals surface area (Å²) >= 11 is 1.25. The summed E-state index contributed by atoms with van der Waals surface area (Å²) < 4.78 is 4.66. The fourth-order valence-electron chi connectivity index (χ4n) is 1.60. The fraction of sp³-hybridized carbons (Fsp3) is 0.538. The standard InChI is InChI=1S/C13H20N2O3S/c1-4-5-7-15(2)9-11(16)14-10-6-8-19-12(10)13(17)18-3/h6,8H,4-5,7,9H2,1-3H3,(H,14,16). The first-order chi connectivity index (χ1) is 9.08. The zero-order valence-corrected chi connectivity index (χ0v) is 12.4. The molecule has 0 spiro atoms. The molecule has 0 fully saturated rings. The van der Waals surface area contributed by atoms with Gasteiger partial charge in [0.1, 0.15) is 4.88 Å². The van der Waals surface area contributed by atoms with E-state index in [0.717, 1.165) is 19.4 Å². The van der Waals surface area contributed by atoms with E-state index in [1.807, 2.05) is 11.9 Å². The van der Waals surface area contributed by atoms with Gasteiger partial charge in [-0.2, -0.15) is 0 Å². The van der Waals surface area contributed by atoms with Gasteiger partial charge < -0.3 is 10.1 Å². The van der Waals surface area contributed by atoms with E-state index in [2.05, 4.69) is 17.0 Å². The van der Waals surface area contributed by atoms with Crippen molar-refractivity contribution >= 4 is 28.9 Å². The lowest BCUT2D eigenvalue weighted by atomic mass is 10.3. The second-order valence-corrected chi connectivity index (χ2v) is 5.21. The Morgan fingerprint density at radius 3 is 2.84 bits per heavy atom. The van der Waals surface area contributed by atoms with Crippen molar-refractivity contribution in [2.75, 3.05) is 32.6 Å². The number of amides is 1. The van der Waals surface area contributed by atoms with Crippen LogP contribution in [0.25, 0.3) is 0 Å². The first-order valence-electron chi connectivity index (χ1n) is 6.22. The van der Waals surface area contributed by atoms with Gasteiger partial charge in [0.2, 0.25) is 5.91 Å². The number of unbranched alkanes of at least 4 members (excludes halogenated alkanes) is 1. The van der Waals surface area contributed by atoms with Crippen molar-refractivity contribution < 1.29 is 14.3 Å². The number of likely N-dealkylation sites (N-methyl/N-ethyl adjacent to an activating group) is 1. The molecule has 1 aromatic rings. The van der Waals surface area contributed by atoms with Crippen LogP contribution in [-0.4, -0.2) is 44.0 Å². The molecular formula is C13H20N2O3S. The van der Waals surface area contributed by atoms with Gasteiger partial charge in [0, 0.05) is 0 Å². The largest absolute Gasteiger partial charge is 0.465 e. The molecule has 0 aliphatic carbocycles. The van der Waals surface area contributed by atoms with Gasteiger partial charge in [0.15, 0.2) is 0 Å². The Labute approximate surface area is 117 Å². The molecule has 0 saturated heterocycles. The minimum atomic E-state index is -0.426. The number of nitrogens with one attached hydrogen (secondary N) is 1. The number of hydrogen-bond acceptors (Lipinski definition) is 5. The first kappa shape index (κ1) is 15.7. The third-order valence-electron chi connectivity index (χ3n) is 2.62. The van der Waals surface area contributed by atoms with Gasteiger partial charge in [0.05, 0.1) is 19.3 Å². The molecule has 1 amide bonds. The maximum absolute atomic E-state index is 11.8. The summed E-state index contributed by atoms with van der Waals surface area (Å²) in [5.41, 5.74) is 0.519. The number of hydrogen-bond donors (Lipinski definition) is 1. The smallest absolute Gasteiger partial charge is 0.350 e. The normalized spacial score (nSPS) is 10.5. The fourth-order valence-corrected chi connectivity index (χ4v) is 2.37. The number of thiophene rings is 1. The van der Waals surface area contributed by atoms with Gasteiger partial charge in [-0.25, -0.2) is 4.79 Å². The first-order valence-corrected chi connectivity index (χ1v) is 7.10. The molecule has 6 heteroatoms. The van der Waals surface area contributed by atoms with Crippen molar-refractivity contribution in [1.29, 1.82) is 0 Å². The highest BCUT2D eigenvalue weighted by atomic mass is 32.1. The maximum atomic E-state index is 11.8. The van der Waals surface area contributed by atoms with Crippen LogP contribution in [0.1, 0.15) is 29.4 Å². The molecule has 5 nitrogen and oxygen atoms in total. The van der Waals surface area contributed by atoms with Gasteiger partial charge in [0.25, 0.3) is 0 Å². The Morgan fingerprint density at radius 1 is 1.47 bits per heavy atom. The minimum absolute atomic E-state index is 0.123. The van der Waals surface area contributed by atoms with Crippen LogP contribution in [0.3, 0.4) is 0 Å². The van der Waals surface area contributed by atoms with E-state index in [-0.39, 0.29) is 5.91 Å². The molecule has 0 radical (unpaired) electrons. The Kier molecular flexibility index (Phi) is 6.52. The molecule has 0 aromatic carbocycles. The Morgan fingerprint density at radius 2 is 2.21 bits per heavy atom. The number of nitrogens with zero attached hydrogens (tertiary/aromatic N) is 1. The quantitative estimate of drug-likeness (QED) is 0.780. The van der Waals surface area contributed by atoms with Crippen molar-refractivity contribution in [3.05, 3.63) is 16.3 Å². The predicted molar refractivity (Wildman–Crippen MR) is 76.7 cm³/mol. The average Bonchev–Trinajstić information content (AvgIpc) is 2.83. The molecule has 1 aromatic heterocycles. The minimum Gasteiger partial charge on any atom is -0.465 e. The molecule has 1 rings (SSSR count). The lowest BCUT2D eigenvalue weighted by molar-refractivity contribution is -0.117. The van der Waals surface area contributed by atoms with Gasteiger partial charge in [-0.3, -0.25) is 9.69 Å².